The van der Waals surface area contributed by atoms with Crippen LogP contribution < -0.4 is 0 Å². The second-order valence-corrected chi connectivity index (χ2v) is 5.47. The first-order valence-corrected chi connectivity index (χ1v) is 6.34. The lowest BCUT2D eigenvalue weighted by Crippen LogP contribution is -2.06. The summed E-state index contributed by atoms with van der Waals surface area (Å²) in [5.74, 6) is 0. The van der Waals surface area contributed by atoms with Gasteiger partial charge in [0.25, 0.3) is 21.2 Å². The van der Waals surface area contributed by atoms with Crippen molar-refractivity contribution in [1.29, 1.82) is 0 Å². The van der Waals surface area contributed by atoms with E-state index in [9.17, 15) is 27.3 Å². The van der Waals surface area contributed by atoms with E-state index >= 15 is 0 Å². The molecule has 0 bridgehead atoms. The average Bonchev–Trinajstić information content (AvgIpc) is 2.13. The van der Waals surface area contributed by atoms with Crippen molar-refractivity contribution in [2.75, 3.05) is 0 Å². The van der Waals surface area contributed by atoms with Crippen molar-refractivity contribution in [1.82, 2.24) is 4.98 Å². The molecule has 0 amide bonds. The highest BCUT2D eigenvalue weighted by Gasteiger charge is 2.30. The maximum atomic E-state index is 12.5. The van der Waals surface area contributed by atoms with Gasteiger partial charge >= 0.3 is 0 Å². The predicted octanol–water partition coefficient (Wildman–Crippen LogP) is 2.16. The summed E-state index contributed by atoms with van der Waals surface area (Å²) in [4.78, 5) is 12.7. The van der Waals surface area contributed by atoms with Crippen molar-refractivity contribution in [3.8, 4) is 0 Å². The molecule has 0 N–H and O–H groups in total. The van der Waals surface area contributed by atoms with Crippen molar-refractivity contribution in [3.63, 3.8) is 0 Å². The third kappa shape index (κ3) is 2.67. The number of nitro groups is 1. The van der Waals surface area contributed by atoms with Crippen molar-refractivity contribution in [3.05, 3.63) is 27.4 Å². The molecule has 1 aromatic heterocycles. The number of pyridine rings is 1. The van der Waals surface area contributed by atoms with Crippen LogP contribution in [-0.4, -0.2) is 18.3 Å². The Bertz CT molecular complexity index is 575. The van der Waals surface area contributed by atoms with E-state index < -0.39 is 42.2 Å². The Morgan fingerprint density at radius 3 is 2.41 bits per heavy atom. The van der Waals surface area contributed by atoms with E-state index in [1.165, 1.54) is 0 Å². The summed E-state index contributed by atoms with van der Waals surface area (Å²) >= 11 is 0. The number of hydrogen-bond acceptors (Lipinski definition) is 5. The summed E-state index contributed by atoms with van der Waals surface area (Å²) in [6.45, 7) is 0.992. The first-order chi connectivity index (χ1) is 7.66. The van der Waals surface area contributed by atoms with Crippen LogP contribution in [0, 0.1) is 17.0 Å². The van der Waals surface area contributed by atoms with Crippen LogP contribution in [0.2, 0.25) is 0 Å². The molecule has 0 atom stereocenters. The molecule has 0 unspecified atom stereocenters. The molecule has 1 rings (SSSR count). The van der Waals surface area contributed by atoms with Gasteiger partial charge in [0, 0.05) is 16.9 Å². The Labute approximate surface area is 98.8 Å². The van der Waals surface area contributed by atoms with Gasteiger partial charge in [-0.05, 0) is 6.92 Å². The second-order valence-electron chi connectivity index (χ2n) is 2.99. The van der Waals surface area contributed by atoms with Gasteiger partial charge in [0.2, 0.25) is 0 Å². The van der Waals surface area contributed by atoms with Crippen LogP contribution in [0.3, 0.4) is 0 Å². The summed E-state index contributed by atoms with van der Waals surface area (Å²) in [5.41, 5.74) is -2.45. The molecule has 0 aliphatic carbocycles. The zero-order valence-corrected chi connectivity index (χ0v) is 9.80. The Balaban J connectivity index is 3.67. The molecule has 1 heterocycles. The average molecular weight is 287 g/mol. The molecule has 94 valence electrons. The lowest BCUT2D eigenvalue weighted by atomic mass is 10.1. The minimum Gasteiger partial charge on any atom is -0.258 e. The molecule has 0 radical (unpaired) electrons. The monoisotopic (exact) mass is 286 g/mol. The van der Waals surface area contributed by atoms with Gasteiger partial charge < -0.3 is 0 Å². The summed E-state index contributed by atoms with van der Waals surface area (Å²) < 4.78 is 46.9. The van der Waals surface area contributed by atoms with E-state index in [1.807, 2.05) is 0 Å². The molecule has 0 saturated carbocycles. The zero-order valence-electron chi connectivity index (χ0n) is 8.22. The molecule has 0 aromatic carbocycles. The minimum atomic E-state index is -4.32. The van der Waals surface area contributed by atoms with Crippen LogP contribution in [0.25, 0.3) is 0 Å². The van der Waals surface area contributed by atoms with Gasteiger partial charge in [0.05, 0.1) is 10.5 Å². The summed E-state index contributed by atoms with van der Waals surface area (Å²) in [6.07, 6.45) is -2.70. The number of rotatable bonds is 3. The van der Waals surface area contributed by atoms with Gasteiger partial charge in [-0.2, -0.15) is 0 Å². The van der Waals surface area contributed by atoms with Crippen molar-refractivity contribution < 1.29 is 22.1 Å². The molecular weight excluding hydrogens is 282 g/mol. The normalized spacial score (nSPS) is 11.8. The second kappa shape index (κ2) is 4.49. The lowest BCUT2D eigenvalue weighted by molar-refractivity contribution is -0.387. The van der Waals surface area contributed by atoms with Gasteiger partial charge in [-0.3, -0.25) is 10.1 Å². The Morgan fingerprint density at radius 1 is 1.53 bits per heavy atom. The Hall–Kier alpha value is -1.35. The lowest BCUT2D eigenvalue weighted by Gasteiger charge is -2.06. The molecule has 0 saturated heterocycles. The number of alkyl halides is 2. The summed E-state index contributed by atoms with van der Waals surface area (Å²) in [7, 11) is 0.652. The third-order valence-corrected chi connectivity index (χ3v) is 3.23. The SMILES string of the molecule is Cc1c(S(=O)(=O)Cl)ncc(C(F)F)c1[N+](=O)[O-]. The van der Waals surface area contributed by atoms with Gasteiger partial charge in [-0.25, -0.2) is 22.2 Å². The molecule has 1 aromatic rings. The standard InChI is InChI=1S/C7H5ClF2N2O4S/c1-3-5(12(13)14)4(6(9)10)2-11-7(3)17(8,15)16/h2,6H,1H3. The fraction of sp³-hybridized carbons (Fsp3) is 0.286. The number of aromatic nitrogens is 1. The number of halogens is 3. The fourth-order valence-corrected chi connectivity index (χ4v) is 2.36. The first kappa shape index (κ1) is 13.7. The Kier molecular flexibility index (Phi) is 3.62. The molecule has 0 aliphatic rings. The van der Waals surface area contributed by atoms with Crippen molar-refractivity contribution in [2.24, 2.45) is 0 Å². The van der Waals surface area contributed by atoms with Crippen LogP contribution in [0.1, 0.15) is 17.6 Å². The highest BCUT2D eigenvalue weighted by atomic mass is 35.7. The van der Waals surface area contributed by atoms with Gasteiger partial charge in [-0.1, -0.05) is 0 Å². The van der Waals surface area contributed by atoms with Gasteiger partial charge in [0.1, 0.15) is 5.56 Å². The van der Waals surface area contributed by atoms with Crippen molar-refractivity contribution >= 4 is 25.4 Å². The van der Waals surface area contributed by atoms with Gasteiger partial charge in [-0.15, -0.1) is 0 Å². The van der Waals surface area contributed by atoms with Crippen LogP contribution in [-0.2, 0) is 9.05 Å². The highest BCUT2D eigenvalue weighted by Crippen LogP contribution is 2.34. The molecule has 0 fully saturated rings. The highest BCUT2D eigenvalue weighted by molar-refractivity contribution is 8.13. The Morgan fingerprint density at radius 2 is 2.06 bits per heavy atom. The van der Waals surface area contributed by atoms with E-state index in [0.717, 1.165) is 6.92 Å². The summed E-state index contributed by atoms with van der Waals surface area (Å²) in [6, 6.07) is 0. The smallest absolute Gasteiger partial charge is 0.258 e. The molecular formula is C7H5ClF2N2O4S. The number of hydrogen-bond donors (Lipinski definition) is 0. The first-order valence-electron chi connectivity index (χ1n) is 4.03. The third-order valence-electron chi connectivity index (χ3n) is 1.92. The maximum Gasteiger partial charge on any atom is 0.285 e. The molecule has 6 nitrogen and oxygen atoms in total. The molecule has 17 heavy (non-hydrogen) atoms. The zero-order chi connectivity index (χ0) is 13.4. The fourth-order valence-electron chi connectivity index (χ4n) is 1.25. The van der Waals surface area contributed by atoms with Crippen LogP contribution >= 0.6 is 10.7 Å². The largest absolute Gasteiger partial charge is 0.285 e. The maximum absolute atomic E-state index is 12.5. The quantitative estimate of drug-likeness (QED) is 0.482. The molecule has 0 spiro atoms. The minimum absolute atomic E-state index is 0.436. The summed E-state index contributed by atoms with van der Waals surface area (Å²) in [5, 5.41) is 9.84. The van der Waals surface area contributed by atoms with E-state index in [2.05, 4.69) is 4.98 Å². The molecule has 0 aliphatic heterocycles. The van der Waals surface area contributed by atoms with E-state index in [1.54, 1.807) is 0 Å². The van der Waals surface area contributed by atoms with Crippen LogP contribution in [0.15, 0.2) is 11.2 Å². The van der Waals surface area contributed by atoms with E-state index in [0.29, 0.717) is 6.20 Å². The van der Waals surface area contributed by atoms with Crippen molar-refractivity contribution in [2.45, 2.75) is 18.4 Å². The molecule has 10 heteroatoms. The van der Waals surface area contributed by atoms with E-state index in [-0.39, 0.29) is 0 Å². The topological polar surface area (TPSA) is 90.2 Å². The van der Waals surface area contributed by atoms with Crippen LogP contribution in [0.4, 0.5) is 14.5 Å². The predicted molar refractivity (Wildman–Crippen MR) is 53.6 cm³/mol. The van der Waals surface area contributed by atoms with Crippen LogP contribution in [0.5, 0.6) is 0 Å². The van der Waals surface area contributed by atoms with Gasteiger partial charge in [0.15, 0.2) is 5.03 Å². The number of nitrogens with zero attached hydrogens (tertiary/aromatic N) is 2. The van der Waals surface area contributed by atoms with E-state index in [4.69, 9.17) is 10.7 Å².